The molecule has 0 fully saturated rings. The van der Waals surface area contributed by atoms with Gasteiger partial charge in [-0.05, 0) is 38.0 Å². The molecule has 2 nitrogen and oxygen atoms in total. The predicted molar refractivity (Wildman–Crippen MR) is 76.9 cm³/mol. The fourth-order valence-electron chi connectivity index (χ4n) is 1.89. The molecule has 0 radical (unpaired) electrons. The second-order valence-corrected chi connectivity index (χ2v) is 5.97. The molecule has 2 rings (SSSR count). The van der Waals surface area contributed by atoms with Crippen LogP contribution in [-0.4, -0.2) is 11.0 Å². The van der Waals surface area contributed by atoms with E-state index in [0.29, 0.717) is 12.0 Å². The van der Waals surface area contributed by atoms with E-state index in [9.17, 15) is 0 Å². The molecule has 0 aliphatic carbocycles. The largest absolute Gasteiger partial charge is 0.382 e. The zero-order valence-electron chi connectivity index (χ0n) is 10.9. The Kier molecular flexibility index (Phi) is 3.67. The molecule has 0 spiro atoms. The Labute approximate surface area is 107 Å². The minimum absolute atomic E-state index is 0.506. The standard InChI is InChI=1S/C14H20N2S/c1-5-9(2)10(3)15-12-6-7-13-14(8-12)17-11(4)16-13/h6-10,15H,5H2,1-4H3. The molecule has 2 unspecified atom stereocenters. The van der Waals surface area contributed by atoms with Crippen LogP contribution in [0.1, 0.15) is 32.2 Å². The van der Waals surface area contributed by atoms with Crippen molar-refractivity contribution in [3.8, 4) is 0 Å². The number of aryl methyl sites for hydroxylation is 1. The maximum Gasteiger partial charge on any atom is 0.0907 e. The number of rotatable bonds is 4. The third kappa shape index (κ3) is 2.78. The lowest BCUT2D eigenvalue weighted by Gasteiger charge is -2.21. The van der Waals surface area contributed by atoms with Gasteiger partial charge in [0.2, 0.25) is 0 Å². The molecule has 1 heterocycles. The number of anilines is 1. The van der Waals surface area contributed by atoms with Crippen molar-refractivity contribution < 1.29 is 0 Å². The van der Waals surface area contributed by atoms with E-state index in [2.05, 4.69) is 56.2 Å². The number of hydrogen-bond donors (Lipinski definition) is 1. The van der Waals surface area contributed by atoms with Gasteiger partial charge in [-0.3, -0.25) is 0 Å². The Balaban J connectivity index is 2.18. The monoisotopic (exact) mass is 248 g/mol. The third-order valence-electron chi connectivity index (χ3n) is 3.39. The molecule has 92 valence electrons. The van der Waals surface area contributed by atoms with Crippen molar-refractivity contribution in [1.29, 1.82) is 0 Å². The normalized spacial score (nSPS) is 14.8. The highest BCUT2D eigenvalue weighted by Gasteiger charge is 2.10. The summed E-state index contributed by atoms with van der Waals surface area (Å²) >= 11 is 1.76. The Morgan fingerprint density at radius 1 is 1.35 bits per heavy atom. The van der Waals surface area contributed by atoms with Crippen molar-refractivity contribution in [2.24, 2.45) is 5.92 Å². The zero-order valence-corrected chi connectivity index (χ0v) is 11.8. The summed E-state index contributed by atoms with van der Waals surface area (Å²) in [5, 5.41) is 4.70. The van der Waals surface area contributed by atoms with Gasteiger partial charge in [-0.25, -0.2) is 4.98 Å². The van der Waals surface area contributed by atoms with Crippen molar-refractivity contribution in [1.82, 2.24) is 4.98 Å². The number of aromatic nitrogens is 1. The van der Waals surface area contributed by atoms with Crippen LogP contribution in [0, 0.1) is 12.8 Å². The number of benzene rings is 1. The summed E-state index contributed by atoms with van der Waals surface area (Å²) in [6, 6.07) is 6.94. The summed E-state index contributed by atoms with van der Waals surface area (Å²) in [6.07, 6.45) is 1.20. The van der Waals surface area contributed by atoms with Crippen LogP contribution in [0.5, 0.6) is 0 Å². The molecule has 0 saturated heterocycles. The van der Waals surface area contributed by atoms with Crippen molar-refractivity contribution in [3.05, 3.63) is 23.2 Å². The molecule has 1 N–H and O–H groups in total. The van der Waals surface area contributed by atoms with Crippen molar-refractivity contribution >= 4 is 27.2 Å². The molecule has 2 aromatic rings. The lowest BCUT2D eigenvalue weighted by atomic mass is 10.0. The lowest BCUT2D eigenvalue weighted by molar-refractivity contribution is 0.495. The van der Waals surface area contributed by atoms with Gasteiger partial charge in [-0.1, -0.05) is 20.3 Å². The summed E-state index contributed by atoms with van der Waals surface area (Å²) in [5.41, 5.74) is 2.31. The maximum absolute atomic E-state index is 4.48. The minimum atomic E-state index is 0.506. The average molecular weight is 248 g/mol. The summed E-state index contributed by atoms with van der Waals surface area (Å²) in [7, 11) is 0. The van der Waals surface area contributed by atoms with Gasteiger partial charge in [0.1, 0.15) is 0 Å². The number of nitrogens with one attached hydrogen (secondary N) is 1. The van der Waals surface area contributed by atoms with Crippen LogP contribution in [0.15, 0.2) is 18.2 Å². The number of nitrogens with zero attached hydrogens (tertiary/aromatic N) is 1. The fraction of sp³-hybridized carbons (Fsp3) is 0.500. The highest BCUT2D eigenvalue weighted by atomic mass is 32.1. The first-order valence-electron chi connectivity index (χ1n) is 6.24. The summed E-state index contributed by atoms with van der Waals surface area (Å²) in [4.78, 5) is 4.48. The topological polar surface area (TPSA) is 24.9 Å². The van der Waals surface area contributed by atoms with Crippen molar-refractivity contribution in [3.63, 3.8) is 0 Å². The van der Waals surface area contributed by atoms with Crippen LogP contribution in [0.3, 0.4) is 0 Å². The fourth-order valence-corrected chi connectivity index (χ4v) is 2.75. The minimum Gasteiger partial charge on any atom is -0.382 e. The van der Waals surface area contributed by atoms with E-state index in [4.69, 9.17) is 0 Å². The summed E-state index contributed by atoms with van der Waals surface area (Å²) in [5.74, 6) is 0.689. The first kappa shape index (κ1) is 12.4. The molecule has 3 heteroatoms. The van der Waals surface area contributed by atoms with Gasteiger partial charge in [0.05, 0.1) is 15.2 Å². The zero-order chi connectivity index (χ0) is 12.4. The van der Waals surface area contributed by atoms with E-state index in [-0.39, 0.29) is 0 Å². The van der Waals surface area contributed by atoms with E-state index < -0.39 is 0 Å². The van der Waals surface area contributed by atoms with Gasteiger partial charge in [0.15, 0.2) is 0 Å². The first-order valence-corrected chi connectivity index (χ1v) is 7.05. The van der Waals surface area contributed by atoms with E-state index in [1.165, 1.54) is 16.8 Å². The van der Waals surface area contributed by atoms with Crippen LogP contribution in [0.4, 0.5) is 5.69 Å². The third-order valence-corrected chi connectivity index (χ3v) is 4.32. The van der Waals surface area contributed by atoms with Crippen molar-refractivity contribution in [2.75, 3.05) is 5.32 Å². The SMILES string of the molecule is CCC(C)C(C)Nc1ccc2nc(C)sc2c1. The van der Waals surface area contributed by atoms with Crippen LogP contribution < -0.4 is 5.32 Å². The van der Waals surface area contributed by atoms with Gasteiger partial charge >= 0.3 is 0 Å². The van der Waals surface area contributed by atoms with Crippen LogP contribution in [0.25, 0.3) is 10.2 Å². The van der Waals surface area contributed by atoms with Crippen LogP contribution in [0.2, 0.25) is 0 Å². The van der Waals surface area contributed by atoms with Crippen LogP contribution >= 0.6 is 11.3 Å². The molecule has 17 heavy (non-hydrogen) atoms. The quantitative estimate of drug-likeness (QED) is 0.864. The summed E-state index contributed by atoms with van der Waals surface area (Å²) in [6.45, 7) is 8.82. The van der Waals surface area contributed by atoms with Gasteiger partial charge in [0, 0.05) is 11.7 Å². The predicted octanol–water partition coefficient (Wildman–Crippen LogP) is 4.45. The van der Waals surface area contributed by atoms with Crippen LogP contribution in [-0.2, 0) is 0 Å². The Hall–Kier alpha value is -1.09. The molecule has 0 aliphatic heterocycles. The molecule has 1 aromatic heterocycles. The van der Waals surface area contributed by atoms with E-state index in [1.807, 2.05) is 0 Å². The number of hydrogen-bond acceptors (Lipinski definition) is 3. The molecule has 0 saturated carbocycles. The highest BCUT2D eigenvalue weighted by molar-refractivity contribution is 7.18. The molecular formula is C14H20N2S. The van der Waals surface area contributed by atoms with E-state index in [1.54, 1.807) is 11.3 Å². The van der Waals surface area contributed by atoms with Gasteiger partial charge < -0.3 is 5.32 Å². The average Bonchev–Trinajstić information content (AvgIpc) is 2.67. The van der Waals surface area contributed by atoms with Gasteiger partial charge in [-0.2, -0.15) is 0 Å². The molecule has 2 atom stereocenters. The number of fused-ring (bicyclic) bond motifs is 1. The molecule has 0 bridgehead atoms. The van der Waals surface area contributed by atoms with E-state index >= 15 is 0 Å². The Morgan fingerprint density at radius 2 is 2.12 bits per heavy atom. The Bertz CT molecular complexity index is 504. The summed E-state index contributed by atoms with van der Waals surface area (Å²) < 4.78 is 1.27. The Morgan fingerprint density at radius 3 is 2.82 bits per heavy atom. The van der Waals surface area contributed by atoms with Crippen molar-refractivity contribution in [2.45, 2.75) is 40.2 Å². The van der Waals surface area contributed by atoms with Gasteiger partial charge in [0.25, 0.3) is 0 Å². The smallest absolute Gasteiger partial charge is 0.0907 e. The first-order chi connectivity index (χ1) is 8.10. The molecular weight excluding hydrogens is 228 g/mol. The highest BCUT2D eigenvalue weighted by Crippen LogP contribution is 2.25. The maximum atomic E-state index is 4.48. The van der Waals surface area contributed by atoms with E-state index in [0.717, 1.165) is 10.5 Å². The van der Waals surface area contributed by atoms with Gasteiger partial charge in [-0.15, -0.1) is 11.3 Å². The lowest BCUT2D eigenvalue weighted by Crippen LogP contribution is -2.23. The molecule has 1 aromatic carbocycles. The second-order valence-electron chi connectivity index (χ2n) is 4.73. The molecule has 0 amide bonds. The second kappa shape index (κ2) is 5.05. The number of thiazole rings is 1. The molecule has 0 aliphatic rings.